The molecule has 25 heavy (non-hydrogen) atoms. The molecule has 0 aliphatic rings. The smallest absolute Gasteiger partial charge is 0.252 e. The van der Waals surface area contributed by atoms with Crippen LogP contribution in [0.25, 0.3) is 5.69 Å². The number of nitrogens with one attached hydrogen (secondary N) is 2. The van der Waals surface area contributed by atoms with Gasteiger partial charge in [-0.15, -0.1) is 5.10 Å². The number of carbonyl (C=O) groups is 2. The molecule has 0 radical (unpaired) electrons. The monoisotopic (exact) mass is 356 g/mol. The highest BCUT2D eigenvalue weighted by Crippen LogP contribution is 2.18. The molecule has 3 aromatic rings. The van der Waals surface area contributed by atoms with Crippen LogP contribution in [-0.2, 0) is 4.79 Å². The van der Waals surface area contributed by atoms with Crippen LogP contribution in [0.3, 0.4) is 0 Å². The van der Waals surface area contributed by atoms with Crippen LogP contribution in [-0.4, -0.2) is 38.6 Å². The number of tetrazole rings is 1. The minimum Gasteiger partial charge on any atom is -0.351 e. The molecule has 9 heteroatoms. The topological polar surface area (TPSA) is 102 Å². The molecular formula is C16H16N6O2S. The fourth-order valence-electron chi connectivity index (χ4n) is 2.21. The van der Waals surface area contributed by atoms with Gasteiger partial charge in [0.25, 0.3) is 5.91 Å². The molecule has 3 rings (SSSR count). The molecule has 0 aliphatic carbocycles. The van der Waals surface area contributed by atoms with Crippen LogP contribution < -0.4 is 10.6 Å². The van der Waals surface area contributed by atoms with Crippen LogP contribution in [0.2, 0.25) is 0 Å². The fraction of sp³-hybridized carbons (Fsp3) is 0.188. The number of aryl methyl sites for hydroxylation is 1. The molecule has 1 aromatic carbocycles. The van der Waals surface area contributed by atoms with Gasteiger partial charge >= 0.3 is 0 Å². The summed E-state index contributed by atoms with van der Waals surface area (Å²) in [6.45, 7) is 2.20. The highest BCUT2D eigenvalue weighted by Gasteiger charge is 2.09. The number of hydrogen-bond acceptors (Lipinski definition) is 6. The highest BCUT2D eigenvalue weighted by atomic mass is 32.1. The second-order valence-electron chi connectivity index (χ2n) is 5.32. The number of anilines is 1. The van der Waals surface area contributed by atoms with Crippen molar-refractivity contribution in [2.45, 2.75) is 13.3 Å². The summed E-state index contributed by atoms with van der Waals surface area (Å²) in [6, 6.07) is 7.23. The van der Waals surface area contributed by atoms with Crippen molar-refractivity contribution in [1.29, 1.82) is 0 Å². The minimum absolute atomic E-state index is 0.176. The Morgan fingerprint density at radius 3 is 2.88 bits per heavy atom. The number of hydrogen-bond donors (Lipinski definition) is 2. The van der Waals surface area contributed by atoms with Gasteiger partial charge < -0.3 is 10.6 Å². The molecule has 0 atom stereocenters. The standard InChI is InChI=1S/C16H16N6O2S/c1-11-2-3-13(8-14(11)22-10-18-20-21-22)19-15(23)4-6-17-16(24)12-5-7-25-9-12/h2-3,5,7-10H,4,6H2,1H3,(H,17,24)(H,19,23). The number of nitrogens with zero attached hydrogens (tertiary/aromatic N) is 4. The van der Waals surface area contributed by atoms with Crippen LogP contribution in [0.15, 0.2) is 41.4 Å². The lowest BCUT2D eigenvalue weighted by Gasteiger charge is -2.10. The van der Waals surface area contributed by atoms with Crippen molar-refractivity contribution < 1.29 is 9.59 Å². The zero-order valence-electron chi connectivity index (χ0n) is 13.5. The van der Waals surface area contributed by atoms with Gasteiger partial charge in [-0.1, -0.05) is 6.07 Å². The molecule has 0 fully saturated rings. The average Bonchev–Trinajstić information content (AvgIpc) is 3.30. The molecule has 2 amide bonds. The van der Waals surface area contributed by atoms with Crippen molar-refractivity contribution in [3.63, 3.8) is 0 Å². The van der Waals surface area contributed by atoms with E-state index in [-0.39, 0.29) is 24.8 Å². The maximum atomic E-state index is 12.1. The van der Waals surface area contributed by atoms with Crippen LogP contribution >= 0.6 is 11.3 Å². The van der Waals surface area contributed by atoms with E-state index in [1.807, 2.05) is 24.4 Å². The van der Waals surface area contributed by atoms with E-state index in [4.69, 9.17) is 0 Å². The van der Waals surface area contributed by atoms with Crippen LogP contribution in [0.4, 0.5) is 5.69 Å². The molecule has 0 aliphatic heterocycles. The second kappa shape index (κ2) is 7.67. The molecule has 0 spiro atoms. The summed E-state index contributed by atoms with van der Waals surface area (Å²) in [7, 11) is 0. The summed E-state index contributed by atoms with van der Waals surface area (Å²) in [5.74, 6) is -0.359. The third-order valence-electron chi connectivity index (χ3n) is 3.51. The lowest BCUT2D eigenvalue weighted by Crippen LogP contribution is -2.27. The van der Waals surface area contributed by atoms with Crippen molar-refractivity contribution in [3.05, 3.63) is 52.5 Å². The van der Waals surface area contributed by atoms with Gasteiger partial charge in [-0.3, -0.25) is 9.59 Å². The fourth-order valence-corrected chi connectivity index (χ4v) is 2.85. The highest BCUT2D eigenvalue weighted by molar-refractivity contribution is 7.08. The van der Waals surface area contributed by atoms with Crippen LogP contribution in [0, 0.1) is 6.92 Å². The van der Waals surface area contributed by atoms with Crippen LogP contribution in [0.1, 0.15) is 22.3 Å². The van der Waals surface area contributed by atoms with Gasteiger partial charge in [0.15, 0.2) is 0 Å². The number of amides is 2. The lowest BCUT2D eigenvalue weighted by molar-refractivity contribution is -0.116. The summed E-state index contributed by atoms with van der Waals surface area (Å²) in [6.07, 6.45) is 1.68. The molecule has 0 saturated heterocycles. The zero-order valence-corrected chi connectivity index (χ0v) is 14.3. The van der Waals surface area contributed by atoms with Gasteiger partial charge in [-0.25, -0.2) is 4.68 Å². The summed E-state index contributed by atoms with van der Waals surface area (Å²) < 4.78 is 1.53. The number of benzene rings is 1. The Hall–Kier alpha value is -3.07. The van der Waals surface area contributed by atoms with Crippen molar-refractivity contribution in [1.82, 2.24) is 25.5 Å². The molecule has 0 bridgehead atoms. The molecule has 2 aromatic heterocycles. The molecule has 2 heterocycles. The van der Waals surface area contributed by atoms with Gasteiger partial charge in [0, 0.05) is 29.6 Å². The zero-order chi connectivity index (χ0) is 17.6. The van der Waals surface area contributed by atoms with Crippen molar-refractivity contribution in [2.75, 3.05) is 11.9 Å². The predicted molar refractivity (Wildman–Crippen MR) is 93.8 cm³/mol. The first-order valence-electron chi connectivity index (χ1n) is 7.58. The largest absolute Gasteiger partial charge is 0.351 e. The Kier molecular flexibility index (Phi) is 5.14. The van der Waals surface area contributed by atoms with E-state index in [2.05, 4.69) is 26.2 Å². The number of carbonyl (C=O) groups excluding carboxylic acids is 2. The van der Waals surface area contributed by atoms with E-state index >= 15 is 0 Å². The van der Waals surface area contributed by atoms with Crippen LogP contribution in [0.5, 0.6) is 0 Å². The quantitative estimate of drug-likeness (QED) is 0.701. The first-order chi connectivity index (χ1) is 12.1. The minimum atomic E-state index is -0.183. The van der Waals surface area contributed by atoms with Gasteiger partial charge in [0.1, 0.15) is 6.33 Å². The Morgan fingerprint density at radius 2 is 2.16 bits per heavy atom. The van der Waals surface area contributed by atoms with E-state index < -0.39 is 0 Å². The summed E-state index contributed by atoms with van der Waals surface area (Å²) in [4.78, 5) is 23.9. The molecule has 128 valence electrons. The van der Waals surface area contributed by atoms with E-state index in [0.717, 1.165) is 11.3 Å². The summed E-state index contributed by atoms with van der Waals surface area (Å²) >= 11 is 1.45. The van der Waals surface area contributed by atoms with Gasteiger partial charge in [0.2, 0.25) is 5.91 Å². The Balaban J connectivity index is 1.54. The Labute approximate surface area is 147 Å². The normalized spacial score (nSPS) is 10.4. The average molecular weight is 356 g/mol. The van der Waals surface area contributed by atoms with Gasteiger partial charge in [-0.2, -0.15) is 11.3 Å². The third kappa shape index (κ3) is 4.27. The molecular weight excluding hydrogens is 340 g/mol. The van der Waals surface area contributed by atoms with E-state index in [0.29, 0.717) is 11.3 Å². The van der Waals surface area contributed by atoms with Crippen molar-refractivity contribution >= 4 is 28.8 Å². The molecule has 0 unspecified atom stereocenters. The number of thiophene rings is 1. The molecule has 0 saturated carbocycles. The van der Waals surface area contributed by atoms with Crippen molar-refractivity contribution in [2.24, 2.45) is 0 Å². The second-order valence-corrected chi connectivity index (χ2v) is 6.10. The van der Waals surface area contributed by atoms with E-state index in [9.17, 15) is 9.59 Å². The Morgan fingerprint density at radius 1 is 1.28 bits per heavy atom. The van der Waals surface area contributed by atoms with Crippen molar-refractivity contribution in [3.8, 4) is 5.69 Å². The first kappa shape index (κ1) is 16.8. The summed E-state index contributed by atoms with van der Waals surface area (Å²) in [5, 5.41) is 20.2. The SMILES string of the molecule is Cc1ccc(NC(=O)CCNC(=O)c2ccsc2)cc1-n1cnnn1. The Bertz CT molecular complexity index is 861. The molecule has 8 nitrogen and oxygen atoms in total. The lowest BCUT2D eigenvalue weighted by atomic mass is 10.2. The van der Waals surface area contributed by atoms with Gasteiger partial charge in [0.05, 0.1) is 5.69 Å². The maximum Gasteiger partial charge on any atom is 0.252 e. The van der Waals surface area contributed by atoms with E-state index in [1.165, 1.54) is 22.3 Å². The first-order valence-corrected chi connectivity index (χ1v) is 8.52. The molecule has 2 N–H and O–H groups in total. The van der Waals surface area contributed by atoms with E-state index in [1.54, 1.807) is 17.5 Å². The third-order valence-corrected chi connectivity index (χ3v) is 4.19. The summed E-state index contributed by atoms with van der Waals surface area (Å²) in [5.41, 5.74) is 3.02. The predicted octanol–water partition coefficient (Wildman–Crippen LogP) is 1.79. The van der Waals surface area contributed by atoms with Gasteiger partial charge in [-0.05, 0) is 46.5 Å². The maximum absolute atomic E-state index is 12.1. The number of rotatable bonds is 6. The number of aromatic nitrogens is 4.